The minimum Gasteiger partial charge on any atom is -0.444 e. The van der Waals surface area contributed by atoms with Crippen molar-refractivity contribution in [1.82, 2.24) is 19.9 Å². The second kappa shape index (κ2) is 6.95. The van der Waals surface area contributed by atoms with Crippen LogP contribution in [0.3, 0.4) is 0 Å². The molecule has 1 aliphatic heterocycles. The number of hydrogen-bond donors (Lipinski definition) is 4. The lowest BCUT2D eigenvalue weighted by molar-refractivity contribution is -0.0175. The molecule has 1 aliphatic rings. The first-order chi connectivity index (χ1) is 12.7. The van der Waals surface area contributed by atoms with Crippen LogP contribution in [0.4, 0.5) is 4.79 Å². The van der Waals surface area contributed by atoms with Gasteiger partial charge in [0.1, 0.15) is 28.8 Å². The number of carbonyl (C=O) groups excluding carboxylic acids is 1. The third-order valence-corrected chi connectivity index (χ3v) is 4.58. The summed E-state index contributed by atoms with van der Waals surface area (Å²) in [4.78, 5) is 35.6. The van der Waals surface area contributed by atoms with Gasteiger partial charge in [-0.1, -0.05) is 0 Å². The summed E-state index contributed by atoms with van der Waals surface area (Å²) >= 11 is 0. The fourth-order valence-electron chi connectivity index (χ4n) is 3.52. The monoisotopic (exact) mass is 380 g/mol. The van der Waals surface area contributed by atoms with Gasteiger partial charge in [0.15, 0.2) is 0 Å². The van der Waals surface area contributed by atoms with Crippen LogP contribution in [0.25, 0.3) is 11.0 Å². The van der Waals surface area contributed by atoms with Crippen molar-refractivity contribution >= 4 is 17.1 Å². The lowest BCUT2D eigenvalue weighted by atomic mass is 10.0. The molecule has 148 valence electrons. The van der Waals surface area contributed by atoms with Gasteiger partial charge in [0.2, 0.25) is 0 Å². The standard InChI is InChI=1S/C17H24N4O6/c1-17(2,3)27-16(25)21-9(6-22)14(26-4)13(23)12(21)8-5-18-11-10(8)19-7-20-15(11)24/h5,7,9,12-14,18,22-23H,6H2,1-4H3,(H,19,20,24)/t9-,12+,13+,14-/m1/s1. The number of aromatic amines is 2. The number of amides is 1. The maximum absolute atomic E-state index is 12.9. The molecule has 0 spiro atoms. The Balaban J connectivity index is 2.12. The zero-order valence-electron chi connectivity index (χ0n) is 15.6. The van der Waals surface area contributed by atoms with Crippen LogP contribution >= 0.6 is 0 Å². The Morgan fingerprint density at radius 3 is 2.67 bits per heavy atom. The zero-order chi connectivity index (χ0) is 19.9. The van der Waals surface area contributed by atoms with Crippen LogP contribution in [0.2, 0.25) is 0 Å². The Kier molecular flexibility index (Phi) is 4.98. The number of likely N-dealkylation sites (tertiary alicyclic amines) is 1. The van der Waals surface area contributed by atoms with Gasteiger partial charge in [-0.3, -0.25) is 9.69 Å². The smallest absolute Gasteiger partial charge is 0.411 e. The maximum atomic E-state index is 12.9. The largest absolute Gasteiger partial charge is 0.444 e. The Hall–Kier alpha value is -2.43. The van der Waals surface area contributed by atoms with E-state index < -0.39 is 42.6 Å². The van der Waals surface area contributed by atoms with Crippen LogP contribution in [-0.2, 0) is 9.47 Å². The summed E-state index contributed by atoms with van der Waals surface area (Å²) in [5.41, 5.74) is -0.153. The number of hydrogen-bond acceptors (Lipinski definition) is 7. The molecule has 0 saturated carbocycles. The number of nitrogens with zero attached hydrogens (tertiary/aromatic N) is 2. The molecule has 3 heterocycles. The van der Waals surface area contributed by atoms with E-state index in [1.165, 1.54) is 24.5 Å². The molecule has 10 heteroatoms. The molecule has 10 nitrogen and oxygen atoms in total. The number of nitrogens with one attached hydrogen (secondary N) is 2. The summed E-state index contributed by atoms with van der Waals surface area (Å²) in [6, 6.07) is -1.73. The van der Waals surface area contributed by atoms with Crippen molar-refractivity contribution in [1.29, 1.82) is 0 Å². The number of H-pyrrole nitrogens is 2. The van der Waals surface area contributed by atoms with Gasteiger partial charge in [-0.15, -0.1) is 0 Å². The normalized spacial score (nSPS) is 25.9. The van der Waals surface area contributed by atoms with Crippen LogP contribution in [0.5, 0.6) is 0 Å². The van der Waals surface area contributed by atoms with E-state index >= 15 is 0 Å². The van der Waals surface area contributed by atoms with Gasteiger partial charge in [-0.05, 0) is 20.8 Å². The fourth-order valence-corrected chi connectivity index (χ4v) is 3.52. The Morgan fingerprint density at radius 1 is 1.37 bits per heavy atom. The molecule has 1 saturated heterocycles. The maximum Gasteiger partial charge on any atom is 0.411 e. The highest BCUT2D eigenvalue weighted by molar-refractivity contribution is 5.80. The van der Waals surface area contributed by atoms with Crippen molar-refractivity contribution < 1.29 is 24.5 Å². The average molecular weight is 380 g/mol. The minimum atomic E-state index is -1.15. The van der Waals surface area contributed by atoms with Crippen molar-refractivity contribution in [3.05, 3.63) is 28.4 Å². The third kappa shape index (κ3) is 3.31. The number of aliphatic hydroxyl groups is 2. The molecular weight excluding hydrogens is 356 g/mol. The fraction of sp³-hybridized carbons (Fsp3) is 0.588. The molecule has 4 atom stereocenters. The second-order valence-electron chi connectivity index (χ2n) is 7.47. The summed E-state index contributed by atoms with van der Waals surface area (Å²) in [5.74, 6) is 0. The van der Waals surface area contributed by atoms with Crippen molar-refractivity contribution in [3.8, 4) is 0 Å². The lowest BCUT2D eigenvalue weighted by Crippen LogP contribution is -2.45. The SMILES string of the molecule is CO[C@H]1[C@@H](O)[C@H](c2c[nH]c3c(=O)[nH]cnc23)N(C(=O)OC(C)(C)C)[C@@H]1CO. The Bertz CT molecular complexity index is 885. The number of fused-ring (bicyclic) bond motifs is 1. The predicted molar refractivity (Wildman–Crippen MR) is 95.2 cm³/mol. The molecular formula is C17H24N4O6. The highest BCUT2D eigenvalue weighted by Gasteiger charge is 2.53. The van der Waals surface area contributed by atoms with Crippen LogP contribution in [0.1, 0.15) is 32.4 Å². The van der Waals surface area contributed by atoms with Crippen LogP contribution in [-0.4, -0.2) is 73.7 Å². The molecule has 0 aliphatic carbocycles. The summed E-state index contributed by atoms with van der Waals surface area (Å²) in [7, 11) is 1.39. The Morgan fingerprint density at radius 2 is 2.07 bits per heavy atom. The molecule has 27 heavy (non-hydrogen) atoms. The molecule has 4 N–H and O–H groups in total. The number of aromatic nitrogens is 3. The molecule has 1 fully saturated rings. The van der Waals surface area contributed by atoms with Gasteiger partial charge in [0, 0.05) is 18.9 Å². The second-order valence-corrected chi connectivity index (χ2v) is 7.47. The lowest BCUT2D eigenvalue weighted by Gasteiger charge is -2.32. The van der Waals surface area contributed by atoms with Crippen LogP contribution in [0.15, 0.2) is 17.3 Å². The first-order valence-electron chi connectivity index (χ1n) is 8.57. The number of rotatable bonds is 3. The van der Waals surface area contributed by atoms with E-state index in [4.69, 9.17) is 9.47 Å². The van der Waals surface area contributed by atoms with Crippen molar-refractivity contribution in [2.24, 2.45) is 0 Å². The average Bonchev–Trinajstić information content (AvgIpc) is 3.12. The number of ether oxygens (including phenoxy) is 2. The first kappa shape index (κ1) is 19.3. The summed E-state index contributed by atoms with van der Waals surface area (Å²) < 4.78 is 10.8. The summed E-state index contributed by atoms with van der Waals surface area (Å²) in [5, 5.41) is 20.7. The van der Waals surface area contributed by atoms with E-state index in [9.17, 15) is 19.8 Å². The molecule has 0 unspecified atom stereocenters. The molecule has 0 bridgehead atoms. The van der Waals surface area contributed by atoms with E-state index in [-0.39, 0.29) is 11.1 Å². The van der Waals surface area contributed by atoms with E-state index in [2.05, 4.69) is 15.0 Å². The highest BCUT2D eigenvalue weighted by atomic mass is 16.6. The van der Waals surface area contributed by atoms with E-state index in [0.29, 0.717) is 11.1 Å². The van der Waals surface area contributed by atoms with Gasteiger partial charge in [-0.2, -0.15) is 0 Å². The summed E-state index contributed by atoms with van der Waals surface area (Å²) in [6.45, 7) is 4.74. The van der Waals surface area contributed by atoms with Crippen molar-refractivity contribution in [2.45, 2.75) is 50.7 Å². The predicted octanol–water partition coefficient (Wildman–Crippen LogP) is 0.280. The minimum absolute atomic E-state index is 0.227. The van der Waals surface area contributed by atoms with Gasteiger partial charge in [0.25, 0.3) is 5.56 Å². The Labute approximate surface area is 155 Å². The highest BCUT2D eigenvalue weighted by Crippen LogP contribution is 2.40. The molecule has 1 amide bonds. The van der Waals surface area contributed by atoms with Gasteiger partial charge in [0.05, 0.1) is 25.0 Å². The van der Waals surface area contributed by atoms with Crippen LogP contribution in [0, 0.1) is 0 Å². The van der Waals surface area contributed by atoms with Gasteiger partial charge >= 0.3 is 6.09 Å². The van der Waals surface area contributed by atoms with Crippen LogP contribution < -0.4 is 5.56 Å². The molecule has 2 aromatic rings. The zero-order valence-corrected chi connectivity index (χ0v) is 15.6. The number of methoxy groups -OCH3 is 1. The quantitative estimate of drug-likeness (QED) is 0.599. The van der Waals surface area contributed by atoms with E-state index in [1.54, 1.807) is 20.8 Å². The third-order valence-electron chi connectivity index (χ3n) is 4.58. The topological polar surface area (TPSA) is 141 Å². The summed E-state index contributed by atoms with van der Waals surface area (Å²) in [6.07, 6.45) is 0.0758. The number of carbonyl (C=O) groups is 1. The molecule has 2 aromatic heterocycles. The van der Waals surface area contributed by atoms with Crippen molar-refractivity contribution in [3.63, 3.8) is 0 Å². The first-order valence-corrected chi connectivity index (χ1v) is 8.57. The van der Waals surface area contributed by atoms with E-state index in [0.717, 1.165) is 0 Å². The number of aliphatic hydroxyl groups excluding tert-OH is 2. The van der Waals surface area contributed by atoms with Crippen molar-refractivity contribution in [2.75, 3.05) is 13.7 Å². The molecule has 3 rings (SSSR count). The van der Waals surface area contributed by atoms with E-state index in [1.807, 2.05) is 0 Å². The van der Waals surface area contributed by atoms with Gasteiger partial charge in [-0.25, -0.2) is 9.78 Å². The molecule has 0 aromatic carbocycles. The van der Waals surface area contributed by atoms with Gasteiger partial charge < -0.3 is 29.7 Å². The molecule has 0 radical (unpaired) electrons.